The lowest BCUT2D eigenvalue weighted by atomic mass is 9.85. The van der Waals surface area contributed by atoms with Crippen molar-refractivity contribution < 1.29 is 14.3 Å². The second kappa shape index (κ2) is 7.42. The fourth-order valence-corrected chi connectivity index (χ4v) is 2.27. The summed E-state index contributed by atoms with van der Waals surface area (Å²) in [6, 6.07) is 0. The third kappa shape index (κ3) is 4.77. The molecule has 1 aliphatic carbocycles. The van der Waals surface area contributed by atoms with Crippen molar-refractivity contribution in [1.29, 1.82) is 0 Å². The Labute approximate surface area is 97.5 Å². The van der Waals surface area contributed by atoms with Crippen LogP contribution in [0.3, 0.4) is 0 Å². The molecule has 3 heteroatoms. The van der Waals surface area contributed by atoms with E-state index in [1.165, 1.54) is 19.3 Å². The zero-order valence-electron chi connectivity index (χ0n) is 10.2. The van der Waals surface area contributed by atoms with Gasteiger partial charge in [0, 0.05) is 18.8 Å². The van der Waals surface area contributed by atoms with Crippen LogP contribution in [-0.4, -0.2) is 18.4 Å². The quantitative estimate of drug-likeness (QED) is 0.654. The van der Waals surface area contributed by atoms with E-state index in [2.05, 4.69) is 0 Å². The van der Waals surface area contributed by atoms with Gasteiger partial charge in [0.25, 0.3) is 0 Å². The average molecular weight is 226 g/mol. The second-order valence-corrected chi connectivity index (χ2v) is 4.46. The van der Waals surface area contributed by atoms with Gasteiger partial charge in [-0.3, -0.25) is 9.59 Å². The first-order valence-corrected chi connectivity index (χ1v) is 6.42. The molecule has 0 aromatic heterocycles. The molecule has 0 spiro atoms. The third-order valence-electron chi connectivity index (χ3n) is 3.17. The van der Waals surface area contributed by atoms with Gasteiger partial charge in [-0.05, 0) is 26.2 Å². The van der Waals surface area contributed by atoms with Crippen LogP contribution >= 0.6 is 0 Å². The predicted molar refractivity (Wildman–Crippen MR) is 62.1 cm³/mol. The lowest BCUT2D eigenvalue weighted by Crippen LogP contribution is -2.17. The first-order valence-electron chi connectivity index (χ1n) is 6.42. The van der Waals surface area contributed by atoms with Crippen molar-refractivity contribution in [2.45, 2.75) is 58.3 Å². The van der Waals surface area contributed by atoms with Crippen LogP contribution in [0.15, 0.2) is 0 Å². The van der Waals surface area contributed by atoms with Gasteiger partial charge in [-0.2, -0.15) is 0 Å². The van der Waals surface area contributed by atoms with Crippen LogP contribution in [0.5, 0.6) is 0 Å². The molecule has 1 saturated carbocycles. The van der Waals surface area contributed by atoms with E-state index in [0.717, 1.165) is 12.8 Å². The Hall–Kier alpha value is -0.860. The van der Waals surface area contributed by atoms with Crippen molar-refractivity contribution >= 4 is 11.8 Å². The lowest BCUT2D eigenvalue weighted by molar-refractivity contribution is -0.143. The Bertz CT molecular complexity index is 229. The molecule has 92 valence electrons. The highest BCUT2D eigenvalue weighted by molar-refractivity contribution is 5.81. The van der Waals surface area contributed by atoms with E-state index in [9.17, 15) is 9.59 Å². The van der Waals surface area contributed by atoms with Crippen LogP contribution in [-0.2, 0) is 14.3 Å². The van der Waals surface area contributed by atoms with Gasteiger partial charge in [-0.1, -0.05) is 19.3 Å². The van der Waals surface area contributed by atoms with Crippen LogP contribution in [0.4, 0.5) is 0 Å². The zero-order chi connectivity index (χ0) is 11.8. The van der Waals surface area contributed by atoms with Crippen molar-refractivity contribution in [1.82, 2.24) is 0 Å². The van der Waals surface area contributed by atoms with Crippen LogP contribution in [0.1, 0.15) is 58.3 Å². The molecule has 0 saturated heterocycles. The van der Waals surface area contributed by atoms with Gasteiger partial charge >= 0.3 is 5.97 Å². The Morgan fingerprint density at radius 1 is 1.12 bits per heavy atom. The summed E-state index contributed by atoms with van der Waals surface area (Å²) in [6.45, 7) is 2.22. The van der Waals surface area contributed by atoms with Crippen molar-refractivity contribution in [2.75, 3.05) is 6.61 Å². The molecule has 0 N–H and O–H groups in total. The molecule has 0 aliphatic heterocycles. The van der Waals surface area contributed by atoms with Gasteiger partial charge < -0.3 is 4.74 Å². The number of hydrogen-bond donors (Lipinski definition) is 0. The van der Waals surface area contributed by atoms with Gasteiger partial charge in [0.1, 0.15) is 5.78 Å². The molecular formula is C13H22O3. The molecule has 0 heterocycles. The Balaban J connectivity index is 2.12. The number of carbonyl (C=O) groups is 2. The number of ether oxygens (including phenoxy) is 1. The topological polar surface area (TPSA) is 43.4 Å². The zero-order valence-corrected chi connectivity index (χ0v) is 10.2. The summed E-state index contributed by atoms with van der Waals surface area (Å²) in [7, 11) is 0. The molecule has 0 aromatic carbocycles. The molecule has 0 unspecified atom stereocenters. The van der Waals surface area contributed by atoms with Gasteiger partial charge in [0.15, 0.2) is 0 Å². The summed E-state index contributed by atoms with van der Waals surface area (Å²) < 4.78 is 4.82. The molecular weight excluding hydrogens is 204 g/mol. The van der Waals surface area contributed by atoms with Crippen molar-refractivity contribution in [2.24, 2.45) is 5.92 Å². The molecule has 0 aromatic rings. The Morgan fingerprint density at radius 2 is 1.81 bits per heavy atom. The maximum absolute atomic E-state index is 11.8. The number of rotatable bonds is 6. The minimum Gasteiger partial charge on any atom is -0.466 e. The summed E-state index contributed by atoms with van der Waals surface area (Å²) in [4.78, 5) is 22.9. The van der Waals surface area contributed by atoms with Gasteiger partial charge in [-0.25, -0.2) is 0 Å². The summed E-state index contributed by atoms with van der Waals surface area (Å²) in [5.41, 5.74) is 0. The predicted octanol–water partition coefficient (Wildman–Crippen LogP) is 2.87. The maximum atomic E-state index is 11.8. The molecule has 1 aliphatic rings. The van der Waals surface area contributed by atoms with Gasteiger partial charge in [0.2, 0.25) is 0 Å². The van der Waals surface area contributed by atoms with E-state index < -0.39 is 0 Å². The summed E-state index contributed by atoms with van der Waals surface area (Å²) in [5.74, 6) is 0.443. The molecule has 0 bridgehead atoms. The van der Waals surface area contributed by atoms with E-state index in [4.69, 9.17) is 4.74 Å². The first-order chi connectivity index (χ1) is 7.74. The molecule has 1 rings (SSSR count). The highest BCUT2D eigenvalue weighted by Crippen LogP contribution is 2.25. The van der Waals surface area contributed by atoms with Gasteiger partial charge in [0.05, 0.1) is 6.61 Å². The summed E-state index contributed by atoms with van der Waals surface area (Å²) in [6.07, 6.45) is 7.33. The average Bonchev–Trinajstić information content (AvgIpc) is 2.30. The first kappa shape index (κ1) is 13.2. The number of esters is 1. The molecule has 3 nitrogen and oxygen atoms in total. The fourth-order valence-electron chi connectivity index (χ4n) is 2.27. The normalized spacial score (nSPS) is 17.1. The SMILES string of the molecule is CCOC(=O)CCCC(=O)C1CCCCC1. The van der Waals surface area contributed by atoms with Crippen LogP contribution in [0, 0.1) is 5.92 Å². The number of ketones is 1. The monoisotopic (exact) mass is 226 g/mol. The summed E-state index contributed by atoms with van der Waals surface area (Å²) in [5, 5.41) is 0. The minimum atomic E-state index is -0.182. The molecule has 0 atom stereocenters. The van der Waals surface area contributed by atoms with Crippen molar-refractivity contribution in [3.05, 3.63) is 0 Å². The molecule has 0 radical (unpaired) electrons. The van der Waals surface area contributed by atoms with Crippen LogP contribution < -0.4 is 0 Å². The number of carbonyl (C=O) groups excluding carboxylic acids is 2. The number of hydrogen-bond acceptors (Lipinski definition) is 3. The van der Waals surface area contributed by atoms with E-state index in [1.807, 2.05) is 0 Å². The standard InChI is InChI=1S/C13H22O3/c1-2-16-13(15)10-6-9-12(14)11-7-4-3-5-8-11/h11H,2-10H2,1H3. The van der Waals surface area contributed by atoms with E-state index in [-0.39, 0.29) is 11.9 Å². The smallest absolute Gasteiger partial charge is 0.305 e. The van der Waals surface area contributed by atoms with Crippen molar-refractivity contribution in [3.8, 4) is 0 Å². The minimum absolute atomic E-state index is 0.182. The van der Waals surface area contributed by atoms with Crippen molar-refractivity contribution in [3.63, 3.8) is 0 Å². The fraction of sp³-hybridized carbons (Fsp3) is 0.846. The largest absolute Gasteiger partial charge is 0.466 e. The second-order valence-electron chi connectivity index (χ2n) is 4.46. The molecule has 16 heavy (non-hydrogen) atoms. The summed E-state index contributed by atoms with van der Waals surface area (Å²) >= 11 is 0. The Morgan fingerprint density at radius 3 is 2.44 bits per heavy atom. The van der Waals surface area contributed by atoms with Gasteiger partial charge in [-0.15, -0.1) is 0 Å². The highest BCUT2D eigenvalue weighted by atomic mass is 16.5. The Kier molecular flexibility index (Phi) is 6.12. The maximum Gasteiger partial charge on any atom is 0.305 e. The van der Waals surface area contributed by atoms with E-state index >= 15 is 0 Å². The van der Waals surface area contributed by atoms with Crippen LogP contribution in [0.25, 0.3) is 0 Å². The lowest BCUT2D eigenvalue weighted by Gasteiger charge is -2.19. The molecule has 0 amide bonds. The van der Waals surface area contributed by atoms with Crippen LogP contribution in [0.2, 0.25) is 0 Å². The molecule has 1 fully saturated rings. The highest BCUT2D eigenvalue weighted by Gasteiger charge is 2.20. The third-order valence-corrected chi connectivity index (χ3v) is 3.17. The number of Topliss-reactive ketones (excluding diaryl/α,β-unsaturated/α-hetero) is 1. The van der Waals surface area contributed by atoms with E-state index in [0.29, 0.717) is 31.7 Å². The van der Waals surface area contributed by atoms with E-state index in [1.54, 1.807) is 6.92 Å².